The summed E-state index contributed by atoms with van der Waals surface area (Å²) in [6.45, 7) is 9.19. The molecule has 1 aliphatic heterocycles. The van der Waals surface area contributed by atoms with Crippen LogP contribution in [-0.2, 0) is 0 Å². The number of piperidine rings is 1. The van der Waals surface area contributed by atoms with Crippen molar-refractivity contribution in [2.75, 3.05) is 13.1 Å². The molecule has 0 spiro atoms. The first-order valence-corrected chi connectivity index (χ1v) is 8.53. The Balaban J connectivity index is 2.06. The van der Waals surface area contributed by atoms with Crippen LogP contribution in [0.1, 0.15) is 72.1 Å². The van der Waals surface area contributed by atoms with E-state index in [9.17, 15) is 0 Å². The van der Waals surface area contributed by atoms with Crippen molar-refractivity contribution in [3.8, 4) is 0 Å². The molecule has 2 fully saturated rings. The Morgan fingerprint density at radius 3 is 2.53 bits per heavy atom. The summed E-state index contributed by atoms with van der Waals surface area (Å²) in [5.74, 6) is 1.75. The number of hydrogen-bond donors (Lipinski definition) is 1. The lowest BCUT2D eigenvalue weighted by Gasteiger charge is -2.52. The van der Waals surface area contributed by atoms with Crippen molar-refractivity contribution in [2.45, 2.75) is 83.7 Å². The molecule has 1 aliphatic carbocycles. The summed E-state index contributed by atoms with van der Waals surface area (Å²) in [7, 11) is 0. The molecule has 0 bridgehead atoms. The summed E-state index contributed by atoms with van der Waals surface area (Å²) < 4.78 is 0. The maximum atomic E-state index is 6.20. The average molecular weight is 266 g/mol. The van der Waals surface area contributed by atoms with Crippen LogP contribution >= 0.6 is 0 Å². The molecule has 1 unspecified atom stereocenters. The van der Waals surface area contributed by atoms with Gasteiger partial charge >= 0.3 is 0 Å². The van der Waals surface area contributed by atoms with Crippen molar-refractivity contribution in [3.05, 3.63) is 0 Å². The van der Waals surface area contributed by atoms with E-state index >= 15 is 0 Å². The zero-order chi connectivity index (χ0) is 13.9. The molecule has 2 aliphatic rings. The van der Waals surface area contributed by atoms with Gasteiger partial charge in [-0.05, 0) is 63.8 Å². The van der Waals surface area contributed by atoms with Crippen molar-refractivity contribution in [1.82, 2.24) is 4.90 Å². The molecule has 19 heavy (non-hydrogen) atoms. The molecule has 112 valence electrons. The van der Waals surface area contributed by atoms with Gasteiger partial charge in [-0.15, -0.1) is 0 Å². The fraction of sp³-hybridized carbons (Fsp3) is 1.00. The van der Waals surface area contributed by atoms with Gasteiger partial charge in [-0.2, -0.15) is 0 Å². The monoisotopic (exact) mass is 266 g/mol. The molecule has 0 aromatic heterocycles. The van der Waals surface area contributed by atoms with E-state index in [1.165, 1.54) is 57.9 Å². The Hall–Kier alpha value is -0.0800. The minimum absolute atomic E-state index is 0.241. The van der Waals surface area contributed by atoms with Crippen LogP contribution in [0.3, 0.4) is 0 Å². The van der Waals surface area contributed by atoms with E-state index in [1.807, 2.05) is 0 Å². The molecule has 0 aromatic rings. The van der Waals surface area contributed by atoms with Crippen molar-refractivity contribution in [2.24, 2.45) is 17.6 Å². The van der Waals surface area contributed by atoms with Gasteiger partial charge in [-0.3, -0.25) is 4.90 Å². The van der Waals surface area contributed by atoms with Gasteiger partial charge in [0.1, 0.15) is 0 Å². The van der Waals surface area contributed by atoms with Gasteiger partial charge in [0, 0.05) is 18.1 Å². The third-order valence-electron chi connectivity index (χ3n) is 5.64. The molecule has 1 saturated carbocycles. The van der Waals surface area contributed by atoms with Crippen molar-refractivity contribution in [1.29, 1.82) is 0 Å². The first-order chi connectivity index (χ1) is 9.07. The number of nitrogens with zero attached hydrogens (tertiary/aromatic N) is 1. The minimum Gasteiger partial charge on any atom is -0.329 e. The summed E-state index contributed by atoms with van der Waals surface area (Å²) in [6, 6.07) is 0.836. The van der Waals surface area contributed by atoms with Crippen LogP contribution in [0.15, 0.2) is 0 Å². The first kappa shape index (κ1) is 15.3. The smallest absolute Gasteiger partial charge is 0.0306 e. The van der Waals surface area contributed by atoms with Gasteiger partial charge in [0.2, 0.25) is 0 Å². The Morgan fingerprint density at radius 2 is 1.84 bits per heavy atom. The molecule has 2 heteroatoms. The second-order valence-corrected chi connectivity index (χ2v) is 7.58. The van der Waals surface area contributed by atoms with E-state index in [-0.39, 0.29) is 5.54 Å². The number of fused-ring (bicyclic) bond motifs is 1. The van der Waals surface area contributed by atoms with Gasteiger partial charge in [-0.1, -0.05) is 26.7 Å². The zero-order valence-corrected chi connectivity index (χ0v) is 13.3. The SMILES string of the molecule is CC(C)CCC(C)(CN)N1CCC[C@H]2CCCC[C@H]21. The third-order valence-corrected chi connectivity index (χ3v) is 5.64. The summed E-state index contributed by atoms with van der Waals surface area (Å²) in [5, 5.41) is 0. The summed E-state index contributed by atoms with van der Waals surface area (Å²) in [6.07, 6.45) is 11.2. The normalized spacial score (nSPS) is 32.1. The van der Waals surface area contributed by atoms with Crippen LogP contribution in [0.4, 0.5) is 0 Å². The van der Waals surface area contributed by atoms with Gasteiger partial charge in [-0.25, -0.2) is 0 Å². The van der Waals surface area contributed by atoms with Crippen LogP contribution in [0.2, 0.25) is 0 Å². The summed E-state index contributed by atoms with van der Waals surface area (Å²) >= 11 is 0. The zero-order valence-electron chi connectivity index (χ0n) is 13.3. The van der Waals surface area contributed by atoms with Gasteiger partial charge in [0.05, 0.1) is 0 Å². The maximum Gasteiger partial charge on any atom is 0.0306 e. The molecular weight excluding hydrogens is 232 g/mol. The average Bonchev–Trinajstić information content (AvgIpc) is 2.44. The lowest BCUT2D eigenvalue weighted by molar-refractivity contribution is -0.0231. The van der Waals surface area contributed by atoms with E-state index < -0.39 is 0 Å². The lowest BCUT2D eigenvalue weighted by Crippen LogP contribution is -2.60. The number of rotatable bonds is 5. The molecule has 0 radical (unpaired) electrons. The summed E-state index contributed by atoms with van der Waals surface area (Å²) in [5.41, 5.74) is 6.45. The molecule has 2 rings (SSSR count). The number of nitrogens with two attached hydrogens (primary N) is 1. The van der Waals surface area contributed by atoms with E-state index in [4.69, 9.17) is 5.73 Å². The lowest BCUT2D eigenvalue weighted by atomic mass is 9.75. The van der Waals surface area contributed by atoms with Gasteiger partial charge < -0.3 is 5.73 Å². The fourth-order valence-corrected chi connectivity index (χ4v) is 4.26. The van der Waals surface area contributed by atoms with E-state index in [0.717, 1.165) is 24.4 Å². The Kier molecular flexibility index (Phi) is 5.30. The Labute approximate surface area is 120 Å². The standard InChI is InChI=1S/C17H34N2/c1-14(2)10-11-17(3,13-18)19-12-6-8-15-7-4-5-9-16(15)19/h14-16H,4-13,18H2,1-3H3/t15-,16-,17?/m1/s1. The van der Waals surface area contributed by atoms with Crippen LogP contribution in [0.25, 0.3) is 0 Å². The van der Waals surface area contributed by atoms with E-state index in [0.29, 0.717) is 0 Å². The van der Waals surface area contributed by atoms with Gasteiger partial charge in [0.25, 0.3) is 0 Å². The highest BCUT2D eigenvalue weighted by atomic mass is 15.2. The largest absolute Gasteiger partial charge is 0.329 e. The molecular formula is C17H34N2. The van der Waals surface area contributed by atoms with Crippen LogP contribution in [0, 0.1) is 11.8 Å². The Bertz CT molecular complexity index is 274. The predicted molar refractivity (Wildman–Crippen MR) is 83.2 cm³/mol. The third kappa shape index (κ3) is 3.52. The maximum absolute atomic E-state index is 6.20. The molecule has 2 nitrogen and oxygen atoms in total. The first-order valence-electron chi connectivity index (χ1n) is 8.53. The molecule has 2 N–H and O–H groups in total. The van der Waals surface area contributed by atoms with Crippen LogP contribution in [-0.4, -0.2) is 29.6 Å². The molecule has 0 amide bonds. The van der Waals surface area contributed by atoms with E-state index in [1.54, 1.807) is 0 Å². The van der Waals surface area contributed by atoms with Crippen molar-refractivity contribution >= 4 is 0 Å². The van der Waals surface area contributed by atoms with Gasteiger partial charge in [0.15, 0.2) is 0 Å². The fourth-order valence-electron chi connectivity index (χ4n) is 4.26. The summed E-state index contributed by atoms with van der Waals surface area (Å²) in [4.78, 5) is 2.82. The van der Waals surface area contributed by atoms with Crippen LogP contribution in [0.5, 0.6) is 0 Å². The minimum atomic E-state index is 0.241. The van der Waals surface area contributed by atoms with Crippen molar-refractivity contribution in [3.63, 3.8) is 0 Å². The van der Waals surface area contributed by atoms with E-state index in [2.05, 4.69) is 25.7 Å². The topological polar surface area (TPSA) is 29.3 Å². The molecule has 1 heterocycles. The number of hydrogen-bond acceptors (Lipinski definition) is 2. The highest BCUT2D eigenvalue weighted by molar-refractivity contribution is 4.97. The molecule has 0 aromatic carbocycles. The second kappa shape index (κ2) is 6.58. The highest BCUT2D eigenvalue weighted by Gasteiger charge is 2.41. The highest BCUT2D eigenvalue weighted by Crippen LogP contribution is 2.39. The number of likely N-dealkylation sites (tertiary alicyclic amines) is 1. The second-order valence-electron chi connectivity index (χ2n) is 7.58. The molecule has 3 atom stereocenters. The Morgan fingerprint density at radius 1 is 1.16 bits per heavy atom. The van der Waals surface area contributed by atoms with Crippen molar-refractivity contribution < 1.29 is 0 Å². The van der Waals surface area contributed by atoms with Crippen LogP contribution < -0.4 is 5.73 Å². The molecule has 1 saturated heterocycles. The quantitative estimate of drug-likeness (QED) is 0.820. The predicted octanol–water partition coefficient (Wildman–Crippen LogP) is 3.79.